The average Bonchev–Trinajstić information content (AvgIpc) is 3.27. The second-order valence-corrected chi connectivity index (χ2v) is 6.28. The summed E-state index contributed by atoms with van der Waals surface area (Å²) in [5.41, 5.74) is 2.62. The van der Waals surface area contributed by atoms with E-state index in [0.29, 0.717) is 5.92 Å². The van der Waals surface area contributed by atoms with E-state index in [1.54, 1.807) is 0 Å². The molecule has 0 bridgehead atoms. The van der Waals surface area contributed by atoms with Gasteiger partial charge in [0.2, 0.25) is 5.91 Å². The highest BCUT2D eigenvalue weighted by Crippen LogP contribution is 2.49. The third kappa shape index (κ3) is 3.48. The van der Waals surface area contributed by atoms with E-state index < -0.39 is 0 Å². The number of rotatable bonds is 4. The maximum Gasteiger partial charge on any atom is 0.247 e. The van der Waals surface area contributed by atoms with Crippen LogP contribution >= 0.6 is 0 Å². The predicted octanol–water partition coefficient (Wildman–Crippen LogP) is 2.78. The SMILES string of the molecule is O=C(NO[C@@H]1CCCCO1)[C@@H]1C[C@H]1C1CCCCC1. The van der Waals surface area contributed by atoms with Crippen LogP contribution in [0.5, 0.6) is 0 Å². The van der Waals surface area contributed by atoms with Gasteiger partial charge in [-0.2, -0.15) is 0 Å². The summed E-state index contributed by atoms with van der Waals surface area (Å²) >= 11 is 0. The van der Waals surface area contributed by atoms with Crippen LogP contribution in [0.15, 0.2) is 0 Å². The molecule has 3 fully saturated rings. The Morgan fingerprint density at radius 2 is 1.84 bits per heavy atom. The lowest BCUT2D eigenvalue weighted by molar-refractivity contribution is -0.201. The molecule has 4 heteroatoms. The number of hydroxylamine groups is 1. The summed E-state index contributed by atoms with van der Waals surface area (Å²) in [7, 11) is 0. The highest BCUT2D eigenvalue weighted by Gasteiger charge is 2.47. The zero-order valence-corrected chi connectivity index (χ0v) is 11.6. The quantitative estimate of drug-likeness (QED) is 0.797. The molecule has 0 aromatic rings. The van der Waals surface area contributed by atoms with Crippen molar-refractivity contribution in [1.29, 1.82) is 0 Å². The van der Waals surface area contributed by atoms with Crippen LogP contribution in [-0.2, 0) is 14.4 Å². The van der Waals surface area contributed by atoms with Crippen molar-refractivity contribution in [2.45, 2.75) is 64.1 Å². The molecule has 108 valence electrons. The van der Waals surface area contributed by atoms with Crippen LogP contribution in [0.3, 0.4) is 0 Å². The largest absolute Gasteiger partial charge is 0.350 e. The monoisotopic (exact) mass is 267 g/mol. The van der Waals surface area contributed by atoms with Gasteiger partial charge in [-0.15, -0.1) is 0 Å². The molecule has 0 aromatic carbocycles. The van der Waals surface area contributed by atoms with Gasteiger partial charge in [-0.05, 0) is 31.1 Å². The highest BCUT2D eigenvalue weighted by atomic mass is 16.8. The van der Waals surface area contributed by atoms with Crippen LogP contribution in [0.2, 0.25) is 0 Å². The zero-order chi connectivity index (χ0) is 13.1. The van der Waals surface area contributed by atoms with E-state index in [9.17, 15) is 4.79 Å². The van der Waals surface area contributed by atoms with Gasteiger partial charge in [0.05, 0.1) is 0 Å². The van der Waals surface area contributed by atoms with E-state index in [1.165, 1.54) is 32.1 Å². The van der Waals surface area contributed by atoms with E-state index in [4.69, 9.17) is 9.57 Å². The second kappa shape index (κ2) is 6.23. The van der Waals surface area contributed by atoms with E-state index in [2.05, 4.69) is 5.48 Å². The molecule has 1 saturated heterocycles. The molecule has 0 unspecified atom stereocenters. The molecular weight excluding hydrogens is 242 g/mol. The summed E-state index contributed by atoms with van der Waals surface area (Å²) in [6.07, 6.45) is 10.6. The van der Waals surface area contributed by atoms with E-state index >= 15 is 0 Å². The Hall–Kier alpha value is -0.610. The van der Waals surface area contributed by atoms with Gasteiger partial charge >= 0.3 is 0 Å². The highest BCUT2D eigenvalue weighted by molar-refractivity contribution is 5.80. The maximum atomic E-state index is 12.0. The summed E-state index contributed by atoms with van der Waals surface area (Å²) in [6.45, 7) is 0.745. The Morgan fingerprint density at radius 3 is 2.58 bits per heavy atom. The van der Waals surface area contributed by atoms with Gasteiger partial charge < -0.3 is 4.74 Å². The first-order chi connectivity index (χ1) is 9.34. The average molecular weight is 267 g/mol. The normalized spacial score (nSPS) is 35.9. The fourth-order valence-corrected chi connectivity index (χ4v) is 3.60. The molecule has 4 nitrogen and oxygen atoms in total. The van der Waals surface area contributed by atoms with Crippen molar-refractivity contribution in [3.63, 3.8) is 0 Å². The molecule has 1 heterocycles. The molecule has 1 aliphatic heterocycles. The minimum Gasteiger partial charge on any atom is -0.350 e. The van der Waals surface area contributed by atoms with Gasteiger partial charge in [-0.1, -0.05) is 32.1 Å². The fraction of sp³-hybridized carbons (Fsp3) is 0.933. The first kappa shape index (κ1) is 13.4. The first-order valence-corrected chi connectivity index (χ1v) is 7.91. The zero-order valence-electron chi connectivity index (χ0n) is 11.6. The standard InChI is InChI=1S/C15H25NO3/c17-15(16-19-14-8-4-5-9-18-14)13-10-12(13)11-6-2-1-3-7-11/h11-14H,1-10H2,(H,16,17)/t12-,13+,14+/m0/s1. The van der Waals surface area contributed by atoms with Gasteiger partial charge in [-0.3, -0.25) is 4.79 Å². The summed E-state index contributed by atoms with van der Waals surface area (Å²) in [4.78, 5) is 17.4. The Morgan fingerprint density at radius 1 is 1.05 bits per heavy atom. The second-order valence-electron chi connectivity index (χ2n) is 6.28. The number of hydrogen-bond acceptors (Lipinski definition) is 3. The van der Waals surface area contributed by atoms with Gasteiger partial charge in [0.15, 0.2) is 6.29 Å². The molecule has 0 aromatic heterocycles. The van der Waals surface area contributed by atoms with Crippen molar-refractivity contribution in [1.82, 2.24) is 5.48 Å². The minimum atomic E-state index is -0.232. The number of hydrogen-bond donors (Lipinski definition) is 1. The molecule has 3 rings (SSSR count). The molecule has 19 heavy (non-hydrogen) atoms. The number of carbonyl (C=O) groups is 1. The van der Waals surface area contributed by atoms with Crippen molar-refractivity contribution in [3.8, 4) is 0 Å². The topological polar surface area (TPSA) is 47.6 Å². The van der Waals surface area contributed by atoms with E-state index in [0.717, 1.165) is 38.2 Å². The number of carbonyl (C=O) groups excluding carboxylic acids is 1. The Labute approximate surface area is 115 Å². The third-order valence-electron chi connectivity index (χ3n) is 4.86. The van der Waals surface area contributed by atoms with Crippen molar-refractivity contribution < 1.29 is 14.4 Å². The van der Waals surface area contributed by atoms with Gasteiger partial charge in [-0.25, -0.2) is 10.3 Å². The maximum absolute atomic E-state index is 12.0. The smallest absolute Gasteiger partial charge is 0.247 e. The molecule has 0 radical (unpaired) electrons. The van der Waals surface area contributed by atoms with Crippen molar-refractivity contribution in [2.24, 2.45) is 17.8 Å². The van der Waals surface area contributed by atoms with Gasteiger partial charge in [0, 0.05) is 18.9 Å². The van der Waals surface area contributed by atoms with Gasteiger partial charge in [0.1, 0.15) is 0 Å². The number of ether oxygens (including phenoxy) is 1. The number of nitrogens with one attached hydrogen (secondary N) is 1. The van der Waals surface area contributed by atoms with Crippen molar-refractivity contribution in [3.05, 3.63) is 0 Å². The summed E-state index contributed by atoms with van der Waals surface area (Å²) in [5, 5.41) is 0. The van der Waals surface area contributed by atoms with E-state index in [1.807, 2.05) is 0 Å². The fourth-order valence-electron chi connectivity index (χ4n) is 3.60. The summed E-state index contributed by atoms with van der Waals surface area (Å²) < 4.78 is 5.43. The lowest BCUT2D eigenvalue weighted by Crippen LogP contribution is -2.34. The van der Waals surface area contributed by atoms with Crippen molar-refractivity contribution in [2.75, 3.05) is 6.61 Å². The molecular formula is C15H25NO3. The van der Waals surface area contributed by atoms with E-state index in [-0.39, 0.29) is 18.1 Å². The Kier molecular flexibility index (Phi) is 4.38. The summed E-state index contributed by atoms with van der Waals surface area (Å²) in [6, 6.07) is 0. The lowest BCUT2D eigenvalue weighted by Gasteiger charge is -2.23. The third-order valence-corrected chi connectivity index (χ3v) is 4.86. The van der Waals surface area contributed by atoms with Gasteiger partial charge in [0.25, 0.3) is 0 Å². The predicted molar refractivity (Wildman–Crippen MR) is 71.0 cm³/mol. The van der Waals surface area contributed by atoms with Crippen LogP contribution in [0.4, 0.5) is 0 Å². The molecule has 1 N–H and O–H groups in total. The Balaban J connectivity index is 1.37. The first-order valence-electron chi connectivity index (χ1n) is 7.91. The van der Waals surface area contributed by atoms with Crippen LogP contribution in [0.1, 0.15) is 57.8 Å². The minimum absolute atomic E-state index is 0.0738. The molecule has 0 spiro atoms. The van der Waals surface area contributed by atoms with Crippen LogP contribution < -0.4 is 5.48 Å². The molecule has 3 atom stereocenters. The molecule has 2 saturated carbocycles. The molecule has 1 amide bonds. The molecule has 2 aliphatic carbocycles. The number of amides is 1. The lowest BCUT2D eigenvalue weighted by atomic mass is 9.85. The van der Waals surface area contributed by atoms with Crippen LogP contribution in [0.25, 0.3) is 0 Å². The van der Waals surface area contributed by atoms with Crippen LogP contribution in [-0.4, -0.2) is 18.8 Å². The van der Waals surface area contributed by atoms with Crippen LogP contribution in [0, 0.1) is 17.8 Å². The summed E-state index contributed by atoms with van der Waals surface area (Å²) in [5.74, 6) is 1.68. The van der Waals surface area contributed by atoms with Crippen molar-refractivity contribution >= 4 is 5.91 Å². The Bertz CT molecular complexity index is 309. The molecule has 3 aliphatic rings.